The second kappa shape index (κ2) is 5.19. The van der Waals surface area contributed by atoms with Crippen LogP contribution >= 0.6 is 0 Å². The van der Waals surface area contributed by atoms with Crippen molar-refractivity contribution in [3.63, 3.8) is 0 Å². The first-order chi connectivity index (χ1) is 8.15. The van der Waals surface area contributed by atoms with Crippen LogP contribution in [0.4, 0.5) is 5.69 Å². The zero-order chi connectivity index (χ0) is 12.3. The molecule has 0 aliphatic rings. The van der Waals surface area contributed by atoms with Crippen molar-refractivity contribution in [3.05, 3.63) is 24.1 Å². The smallest absolute Gasteiger partial charge is 0.192 e. The van der Waals surface area contributed by atoms with Crippen LogP contribution in [0.25, 0.3) is 11.1 Å². The molecule has 0 aliphatic carbocycles. The van der Waals surface area contributed by atoms with Crippen LogP contribution in [0.1, 0.15) is 25.7 Å². The molecule has 1 aromatic carbocycles. The Hall–Kier alpha value is -1.55. The standard InChI is InChI=1S/C13H19N3O/c1-9(14)4-3-7-15-11-5-6-12-13(8-11)17-10(2)16-12/h5-6,8-9,15H,3-4,7,14H2,1-2H3. The van der Waals surface area contributed by atoms with Crippen molar-refractivity contribution in [1.82, 2.24) is 4.98 Å². The van der Waals surface area contributed by atoms with E-state index in [9.17, 15) is 0 Å². The molecule has 1 atom stereocenters. The largest absolute Gasteiger partial charge is 0.441 e. The molecular formula is C13H19N3O. The number of benzene rings is 1. The number of fused-ring (bicyclic) bond motifs is 1. The first-order valence-corrected chi connectivity index (χ1v) is 6.02. The molecule has 1 heterocycles. The topological polar surface area (TPSA) is 64.1 Å². The van der Waals surface area contributed by atoms with Crippen molar-refractivity contribution in [3.8, 4) is 0 Å². The third kappa shape index (κ3) is 3.20. The summed E-state index contributed by atoms with van der Waals surface area (Å²) in [4.78, 5) is 4.26. The van der Waals surface area contributed by atoms with Gasteiger partial charge in [-0.05, 0) is 31.9 Å². The normalized spacial score (nSPS) is 12.9. The van der Waals surface area contributed by atoms with E-state index in [1.165, 1.54) is 0 Å². The maximum absolute atomic E-state index is 5.70. The van der Waals surface area contributed by atoms with Gasteiger partial charge in [-0.25, -0.2) is 4.98 Å². The lowest BCUT2D eigenvalue weighted by Crippen LogP contribution is -2.16. The summed E-state index contributed by atoms with van der Waals surface area (Å²) < 4.78 is 5.48. The molecule has 0 amide bonds. The van der Waals surface area contributed by atoms with E-state index in [-0.39, 0.29) is 6.04 Å². The molecular weight excluding hydrogens is 214 g/mol. The zero-order valence-corrected chi connectivity index (χ0v) is 10.4. The fraction of sp³-hybridized carbons (Fsp3) is 0.462. The molecule has 0 bridgehead atoms. The molecule has 1 aromatic heterocycles. The van der Waals surface area contributed by atoms with Crippen molar-refractivity contribution in [2.45, 2.75) is 32.7 Å². The Labute approximate surface area is 101 Å². The molecule has 4 nitrogen and oxygen atoms in total. The fourth-order valence-electron chi connectivity index (χ4n) is 1.81. The monoisotopic (exact) mass is 233 g/mol. The van der Waals surface area contributed by atoms with Crippen LogP contribution < -0.4 is 11.1 Å². The van der Waals surface area contributed by atoms with Crippen molar-refractivity contribution < 1.29 is 4.42 Å². The Kier molecular flexibility index (Phi) is 3.64. The second-order valence-electron chi connectivity index (χ2n) is 4.46. The van der Waals surface area contributed by atoms with Gasteiger partial charge in [0.1, 0.15) is 5.52 Å². The molecule has 4 heteroatoms. The van der Waals surface area contributed by atoms with Gasteiger partial charge in [0.15, 0.2) is 11.5 Å². The molecule has 0 radical (unpaired) electrons. The number of nitrogens with two attached hydrogens (primary N) is 1. The average molecular weight is 233 g/mol. The Morgan fingerprint density at radius 3 is 3.06 bits per heavy atom. The number of oxazole rings is 1. The summed E-state index contributed by atoms with van der Waals surface area (Å²) >= 11 is 0. The second-order valence-corrected chi connectivity index (χ2v) is 4.46. The van der Waals surface area contributed by atoms with E-state index in [4.69, 9.17) is 10.2 Å². The van der Waals surface area contributed by atoms with Gasteiger partial charge in [-0.3, -0.25) is 0 Å². The maximum Gasteiger partial charge on any atom is 0.192 e. The fourth-order valence-corrected chi connectivity index (χ4v) is 1.81. The van der Waals surface area contributed by atoms with Crippen molar-refractivity contribution in [2.75, 3.05) is 11.9 Å². The lowest BCUT2D eigenvalue weighted by atomic mass is 10.2. The van der Waals surface area contributed by atoms with Crippen molar-refractivity contribution in [1.29, 1.82) is 0 Å². The minimum Gasteiger partial charge on any atom is -0.441 e. The molecule has 0 saturated carbocycles. The number of aromatic nitrogens is 1. The van der Waals surface area contributed by atoms with E-state index < -0.39 is 0 Å². The number of hydrogen-bond acceptors (Lipinski definition) is 4. The average Bonchev–Trinajstić information content (AvgIpc) is 2.63. The van der Waals surface area contributed by atoms with Crippen molar-refractivity contribution in [2.24, 2.45) is 5.73 Å². The van der Waals surface area contributed by atoms with Gasteiger partial charge in [0.05, 0.1) is 0 Å². The number of nitrogens with zero attached hydrogens (tertiary/aromatic N) is 1. The Bertz CT molecular complexity index is 490. The quantitative estimate of drug-likeness (QED) is 0.779. The van der Waals surface area contributed by atoms with Gasteiger partial charge < -0.3 is 15.5 Å². The van der Waals surface area contributed by atoms with Gasteiger partial charge in [0.25, 0.3) is 0 Å². The number of hydrogen-bond donors (Lipinski definition) is 2. The predicted molar refractivity (Wildman–Crippen MR) is 70.1 cm³/mol. The molecule has 0 spiro atoms. The zero-order valence-electron chi connectivity index (χ0n) is 10.4. The first-order valence-electron chi connectivity index (χ1n) is 6.02. The molecule has 92 valence electrons. The molecule has 17 heavy (non-hydrogen) atoms. The maximum atomic E-state index is 5.70. The van der Waals surface area contributed by atoms with Crippen LogP contribution in [0, 0.1) is 6.92 Å². The van der Waals surface area contributed by atoms with E-state index in [0.29, 0.717) is 5.89 Å². The number of aryl methyl sites for hydroxylation is 1. The first kappa shape index (κ1) is 11.9. The van der Waals surface area contributed by atoms with Crippen molar-refractivity contribution >= 4 is 16.8 Å². The van der Waals surface area contributed by atoms with Crippen LogP contribution in [-0.4, -0.2) is 17.6 Å². The molecule has 0 aliphatic heterocycles. The number of anilines is 1. The summed E-state index contributed by atoms with van der Waals surface area (Å²) in [6.07, 6.45) is 2.11. The predicted octanol–water partition coefficient (Wildman–Crippen LogP) is 2.68. The van der Waals surface area contributed by atoms with Gasteiger partial charge in [0, 0.05) is 31.3 Å². The van der Waals surface area contributed by atoms with Crippen LogP contribution in [0.2, 0.25) is 0 Å². The highest BCUT2D eigenvalue weighted by Gasteiger charge is 2.02. The van der Waals surface area contributed by atoms with Crippen LogP contribution in [0.5, 0.6) is 0 Å². The van der Waals surface area contributed by atoms with E-state index in [0.717, 1.165) is 36.2 Å². The van der Waals surface area contributed by atoms with Gasteiger partial charge in [-0.2, -0.15) is 0 Å². The van der Waals surface area contributed by atoms with E-state index >= 15 is 0 Å². The molecule has 1 unspecified atom stereocenters. The molecule has 2 aromatic rings. The minimum atomic E-state index is 0.274. The summed E-state index contributed by atoms with van der Waals surface area (Å²) in [5.74, 6) is 0.703. The highest BCUT2D eigenvalue weighted by atomic mass is 16.3. The minimum absolute atomic E-state index is 0.274. The molecule has 0 fully saturated rings. The number of rotatable bonds is 5. The third-order valence-electron chi connectivity index (χ3n) is 2.66. The Morgan fingerprint density at radius 2 is 2.29 bits per heavy atom. The summed E-state index contributed by atoms with van der Waals surface area (Å²) in [5, 5.41) is 3.36. The van der Waals surface area contributed by atoms with Crippen LogP contribution in [0.15, 0.2) is 22.6 Å². The van der Waals surface area contributed by atoms with Gasteiger partial charge in [-0.15, -0.1) is 0 Å². The Morgan fingerprint density at radius 1 is 1.47 bits per heavy atom. The lowest BCUT2D eigenvalue weighted by molar-refractivity contribution is 0.561. The molecule has 0 saturated heterocycles. The van der Waals surface area contributed by atoms with Crippen LogP contribution in [-0.2, 0) is 0 Å². The SMILES string of the molecule is Cc1nc2ccc(NCCCC(C)N)cc2o1. The summed E-state index contributed by atoms with van der Waals surface area (Å²) in [7, 11) is 0. The summed E-state index contributed by atoms with van der Waals surface area (Å²) in [6.45, 7) is 4.82. The van der Waals surface area contributed by atoms with Gasteiger partial charge in [0.2, 0.25) is 0 Å². The van der Waals surface area contributed by atoms with Gasteiger partial charge >= 0.3 is 0 Å². The Balaban J connectivity index is 1.94. The highest BCUT2D eigenvalue weighted by Crippen LogP contribution is 2.19. The summed E-state index contributed by atoms with van der Waals surface area (Å²) in [6, 6.07) is 6.26. The van der Waals surface area contributed by atoms with E-state index in [2.05, 4.69) is 10.3 Å². The summed E-state index contributed by atoms with van der Waals surface area (Å²) in [5.41, 5.74) is 8.51. The van der Waals surface area contributed by atoms with E-state index in [1.807, 2.05) is 32.0 Å². The van der Waals surface area contributed by atoms with Gasteiger partial charge in [-0.1, -0.05) is 0 Å². The lowest BCUT2D eigenvalue weighted by Gasteiger charge is -2.07. The third-order valence-corrected chi connectivity index (χ3v) is 2.66. The molecule has 3 N–H and O–H groups in total. The van der Waals surface area contributed by atoms with E-state index in [1.54, 1.807) is 0 Å². The highest BCUT2D eigenvalue weighted by molar-refractivity contribution is 5.77. The number of nitrogens with one attached hydrogen (secondary N) is 1. The molecule has 2 rings (SSSR count). The van der Waals surface area contributed by atoms with Crippen LogP contribution in [0.3, 0.4) is 0 Å².